The summed E-state index contributed by atoms with van der Waals surface area (Å²) in [6.45, 7) is 2.08. The number of aryl methyl sites for hydroxylation is 1. The summed E-state index contributed by atoms with van der Waals surface area (Å²) in [6, 6.07) is -0.0217. The molecule has 23 heavy (non-hydrogen) atoms. The van der Waals surface area contributed by atoms with Crippen molar-refractivity contribution in [2.24, 2.45) is 11.7 Å². The lowest BCUT2D eigenvalue weighted by atomic mass is 9.84. The van der Waals surface area contributed by atoms with Crippen LogP contribution in [0, 0.1) is 23.0 Å². The maximum Gasteiger partial charge on any atom is 0.381 e. The highest BCUT2D eigenvalue weighted by Crippen LogP contribution is 2.26. The minimum absolute atomic E-state index is 0. The third kappa shape index (κ3) is 5.18. The number of halogens is 1. The van der Waals surface area contributed by atoms with Gasteiger partial charge in [0.15, 0.2) is 0 Å². The van der Waals surface area contributed by atoms with E-state index in [4.69, 9.17) is 5.73 Å². The first kappa shape index (κ1) is 19.4. The maximum atomic E-state index is 12.2. The monoisotopic (exact) mass is 345 g/mol. The standard InChI is InChI=1S/C14H23N5O3.ClH/c1-10-16-13(19(21)22)8-18(10)9-14(20)17-12(7-15)11-5-3-2-4-6-11;/h8,11-12H,2-7,9,15H2,1H3,(H,17,20);1H. The van der Waals surface area contributed by atoms with E-state index in [-0.39, 0.29) is 36.7 Å². The minimum Gasteiger partial charge on any atom is -0.358 e. The molecule has 0 bridgehead atoms. The van der Waals surface area contributed by atoms with Crippen LogP contribution in [0.4, 0.5) is 5.82 Å². The maximum absolute atomic E-state index is 12.2. The van der Waals surface area contributed by atoms with Crippen molar-refractivity contribution in [3.63, 3.8) is 0 Å². The van der Waals surface area contributed by atoms with Crippen molar-refractivity contribution >= 4 is 24.1 Å². The second-order valence-corrected chi connectivity index (χ2v) is 5.84. The molecule has 1 aromatic heterocycles. The number of nitrogens with zero attached hydrogens (tertiary/aromatic N) is 3. The molecule has 130 valence electrons. The van der Waals surface area contributed by atoms with Gasteiger partial charge in [0.05, 0.1) is 0 Å². The Morgan fingerprint density at radius 1 is 1.52 bits per heavy atom. The molecule has 1 amide bonds. The van der Waals surface area contributed by atoms with Crippen molar-refractivity contribution in [3.8, 4) is 0 Å². The zero-order valence-corrected chi connectivity index (χ0v) is 14.1. The van der Waals surface area contributed by atoms with Gasteiger partial charge in [-0.2, -0.15) is 0 Å². The van der Waals surface area contributed by atoms with Crippen LogP contribution >= 0.6 is 12.4 Å². The zero-order chi connectivity index (χ0) is 16.1. The second-order valence-electron chi connectivity index (χ2n) is 5.84. The van der Waals surface area contributed by atoms with Gasteiger partial charge in [0, 0.05) is 19.5 Å². The molecule has 0 saturated heterocycles. The van der Waals surface area contributed by atoms with Crippen molar-refractivity contribution in [1.82, 2.24) is 14.9 Å². The van der Waals surface area contributed by atoms with Gasteiger partial charge >= 0.3 is 5.82 Å². The SMILES string of the molecule is Cc1nc([N+](=O)[O-])cn1CC(=O)NC(CN)C1CCCCC1.Cl. The molecule has 2 rings (SSSR count). The third-order valence-electron chi connectivity index (χ3n) is 4.28. The van der Waals surface area contributed by atoms with Crippen LogP contribution in [-0.2, 0) is 11.3 Å². The number of imidazole rings is 1. The summed E-state index contributed by atoms with van der Waals surface area (Å²) in [7, 11) is 0. The fourth-order valence-electron chi connectivity index (χ4n) is 3.05. The van der Waals surface area contributed by atoms with Crippen LogP contribution in [0.1, 0.15) is 37.9 Å². The lowest BCUT2D eigenvalue weighted by Gasteiger charge is -2.30. The zero-order valence-electron chi connectivity index (χ0n) is 13.2. The Hall–Kier alpha value is -1.67. The molecule has 1 saturated carbocycles. The van der Waals surface area contributed by atoms with Crippen LogP contribution in [0.5, 0.6) is 0 Å². The summed E-state index contributed by atoms with van der Waals surface area (Å²) >= 11 is 0. The number of rotatable bonds is 6. The van der Waals surface area contributed by atoms with Crippen molar-refractivity contribution in [1.29, 1.82) is 0 Å². The Kier molecular flexibility index (Phi) is 7.44. The normalized spacial score (nSPS) is 16.4. The Bertz CT molecular complexity index is 543. The molecule has 1 aromatic rings. The molecule has 0 aliphatic heterocycles. The Morgan fingerprint density at radius 3 is 2.70 bits per heavy atom. The first-order chi connectivity index (χ1) is 10.5. The molecule has 0 aromatic carbocycles. The average Bonchev–Trinajstić information content (AvgIpc) is 2.87. The van der Waals surface area contributed by atoms with Gasteiger partial charge in [-0.15, -0.1) is 12.4 Å². The summed E-state index contributed by atoms with van der Waals surface area (Å²) in [6.07, 6.45) is 7.09. The number of hydrogen-bond donors (Lipinski definition) is 2. The van der Waals surface area contributed by atoms with Crippen LogP contribution in [0.2, 0.25) is 0 Å². The van der Waals surface area contributed by atoms with E-state index in [1.54, 1.807) is 6.92 Å². The van der Waals surface area contributed by atoms with Gasteiger partial charge in [0.1, 0.15) is 12.7 Å². The van der Waals surface area contributed by atoms with Gasteiger partial charge in [-0.3, -0.25) is 9.36 Å². The number of amides is 1. The van der Waals surface area contributed by atoms with Crippen molar-refractivity contribution in [3.05, 3.63) is 22.1 Å². The topological polar surface area (TPSA) is 116 Å². The van der Waals surface area contributed by atoms with Gasteiger partial charge < -0.3 is 21.2 Å². The van der Waals surface area contributed by atoms with Gasteiger partial charge in [0.25, 0.3) is 0 Å². The fourth-order valence-corrected chi connectivity index (χ4v) is 3.05. The van der Waals surface area contributed by atoms with Crippen molar-refractivity contribution in [2.75, 3.05) is 6.54 Å². The summed E-state index contributed by atoms with van der Waals surface area (Å²) in [4.78, 5) is 26.1. The Labute approximate surface area is 141 Å². The van der Waals surface area contributed by atoms with Gasteiger partial charge in [0.2, 0.25) is 11.7 Å². The first-order valence-electron chi connectivity index (χ1n) is 7.69. The van der Waals surface area contributed by atoms with E-state index >= 15 is 0 Å². The number of carbonyl (C=O) groups excluding carboxylic acids is 1. The number of hydrogen-bond acceptors (Lipinski definition) is 5. The predicted molar refractivity (Wildman–Crippen MR) is 88.4 cm³/mol. The first-order valence-corrected chi connectivity index (χ1v) is 7.69. The summed E-state index contributed by atoms with van der Waals surface area (Å²) in [5, 5.41) is 13.7. The van der Waals surface area contributed by atoms with Crippen LogP contribution < -0.4 is 11.1 Å². The molecule has 1 fully saturated rings. The molecule has 0 radical (unpaired) electrons. The summed E-state index contributed by atoms with van der Waals surface area (Å²) < 4.78 is 1.49. The third-order valence-corrected chi connectivity index (χ3v) is 4.28. The molecule has 1 heterocycles. The lowest BCUT2D eigenvalue weighted by Crippen LogP contribution is -2.46. The largest absolute Gasteiger partial charge is 0.381 e. The highest BCUT2D eigenvalue weighted by atomic mass is 35.5. The summed E-state index contributed by atoms with van der Waals surface area (Å²) in [5.74, 6) is 0.453. The Morgan fingerprint density at radius 2 is 2.17 bits per heavy atom. The number of nitrogens with one attached hydrogen (secondary N) is 1. The molecule has 0 spiro atoms. The van der Waals surface area contributed by atoms with E-state index in [1.165, 1.54) is 30.0 Å². The van der Waals surface area contributed by atoms with E-state index in [0.717, 1.165) is 12.8 Å². The van der Waals surface area contributed by atoms with Gasteiger partial charge in [-0.1, -0.05) is 19.3 Å². The lowest BCUT2D eigenvalue weighted by molar-refractivity contribution is -0.389. The molecular formula is C14H24ClN5O3. The minimum atomic E-state index is -0.563. The van der Waals surface area contributed by atoms with E-state index in [1.807, 2.05) is 0 Å². The number of nitro groups is 1. The van der Waals surface area contributed by atoms with Gasteiger partial charge in [-0.25, -0.2) is 0 Å². The van der Waals surface area contributed by atoms with Crippen molar-refractivity contribution < 1.29 is 9.72 Å². The van der Waals surface area contributed by atoms with Gasteiger partial charge in [-0.05, 0) is 28.7 Å². The molecule has 1 unspecified atom stereocenters. The molecule has 1 atom stereocenters. The highest BCUT2D eigenvalue weighted by molar-refractivity contribution is 5.85. The molecule has 8 nitrogen and oxygen atoms in total. The molecule has 1 aliphatic carbocycles. The fraction of sp³-hybridized carbons (Fsp3) is 0.714. The molecule has 3 N–H and O–H groups in total. The van der Waals surface area contributed by atoms with Crippen LogP contribution in [-0.4, -0.2) is 33.0 Å². The number of aromatic nitrogens is 2. The highest BCUT2D eigenvalue weighted by Gasteiger charge is 2.24. The smallest absolute Gasteiger partial charge is 0.358 e. The summed E-state index contributed by atoms with van der Waals surface area (Å²) in [5.41, 5.74) is 5.80. The van der Waals surface area contributed by atoms with Crippen LogP contribution in [0.3, 0.4) is 0 Å². The van der Waals surface area contributed by atoms with Crippen molar-refractivity contribution in [2.45, 2.75) is 51.6 Å². The number of carbonyl (C=O) groups is 1. The Balaban J connectivity index is 0.00000264. The predicted octanol–water partition coefficient (Wildman–Crippen LogP) is 1.55. The average molecular weight is 346 g/mol. The number of nitrogens with two attached hydrogens (primary N) is 1. The molecular weight excluding hydrogens is 322 g/mol. The quantitative estimate of drug-likeness (QED) is 0.599. The van der Waals surface area contributed by atoms with E-state index in [2.05, 4.69) is 10.3 Å². The van der Waals surface area contributed by atoms with E-state index in [9.17, 15) is 14.9 Å². The van der Waals surface area contributed by atoms with E-state index in [0.29, 0.717) is 18.3 Å². The molecule has 1 aliphatic rings. The second kappa shape index (κ2) is 8.83. The van der Waals surface area contributed by atoms with Crippen LogP contribution in [0.25, 0.3) is 0 Å². The van der Waals surface area contributed by atoms with E-state index < -0.39 is 4.92 Å². The molecule has 9 heteroatoms. The van der Waals surface area contributed by atoms with Crippen LogP contribution in [0.15, 0.2) is 6.20 Å².